The van der Waals surface area contributed by atoms with Crippen LogP contribution < -0.4 is 10.9 Å². The predicted octanol–water partition coefficient (Wildman–Crippen LogP) is 5.08. The molecule has 11 heteroatoms. The first-order valence-electron chi connectivity index (χ1n) is 9.19. The molecule has 4 nitrogen and oxygen atoms in total. The Hall–Kier alpha value is -3.37. The number of carbonyl (C=O) groups is 1. The second-order valence-corrected chi connectivity index (χ2v) is 7.14. The molecule has 1 amide bonds. The number of nitrogens with one attached hydrogen (secondary N) is 2. The average Bonchev–Trinajstić information content (AvgIpc) is 2.68. The lowest BCUT2D eigenvalue weighted by molar-refractivity contribution is -0.137. The number of halogens is 7. The molecular formula is C21H15F7N2O2. The predicted molar refractivity (Wildman–Crippen MR) is 101 cm³/mol. The van der Waals surface area contributed by atoms with E-state index in [9.17, 15) is 40.3 Å². The summed E-state index contributed by atoms with van der Waals surface area (Å²) in [6.45, 7) is 2.26. The molecule has 32 heavy (non-hydrogen) atoms. The highest BCUT2D eigenvalue weighted by atomic mass is 19.4. The van der Waals surface area contributed by atoms with E-state index in [1.54, 1.807) is 0 Å². The van der Waals surface area contributed by atoms with Crippen LogP contribution >= 0.6 is 0 Å². The van der Waals surface area contributed by atoms with E-state index in [2.05, 4.69) is 5.32 Å². The Morgan fingerprint density at radius 1 is 1.00 bits per heavy atom. The highest BCUT2D eigenvalue weighted by Gasteiger charge is 2.41. The lowest BCUT2D eigenvalue weighted by atomic mass is 9.92. The van der Waals surface area contributed by atoms with E-state index in [-0.39, 0.29) is 5.56 Å². The SMILES string of the molecule is C[C@H](NC(=O)[C@@H](C)c1c(C(F)(F)F)c2c(F)c(F)ccc2[nH]c1=O)c1ccc(F)cc1F. The Morgan fingerprint density at radius 3 is 2.25 bits per heavy atom. The number of pyridine rings is 1. The van der Waals surface area contributed by atoms with Crippen molar-refractivity contribution in [3.05, 3.63) is 80.6 Å². The molecule has 0 radical (unpaired) electrons. The Kier molecular flexibility index (Phi) is 6.03. The molecule has 170 valence electrons. The van der Waals surface area contributed by atoms with Crippen LogP contribution in [0.15, 0.2) is 35.1 Å². The highest BCUT2D eigenvalue weighted by molar-refractivity contribution is 5.89. The van der Waals surface area contributed by atoms with E-state index in [0.29, 0.717) is 12.1 Å². The molecule has 0 unspecified atom stereocenters. The van der Waals surface area contributed by atoms with Crippen LogP contribution in [-0.2, 0) is 11.0 Å². The number of hydrogen-bond donors (Lipinski definition) is 2. The molecule has 0 aliphatic rings. The summed E-state index contributed by atoms with van der Waals surface area (Å²) >= 11 is 0. The molecule has 0 fully saturated rings. The van der Waals surface area contributed by atoms with Crippen molar-refractivity contribution in [2.24, 2.45) is 0 Å². The van der Waals surface area contributed by atoms with Gasteiger partial charge in [-0.2, -0.15) is 13.2 Å². The minimum Gasteiger partial charge on any atom is -0.349 e. The molecule has 0 aliphatic heterocycles. The number of fused-ring (bicyclic) bond motifs is 1. The topological polar surface area (TPSA) is 62.0 Å². The number of benzene rings is 2. The van der Waals surface area contributed by atoms with Gasteiger partial charge >= 0.3 is 6.18 Å². The van der Waals surface area contributed by atoms with Crippen LogP contribution in [-0.4, -0.2) is 10.9 Å². The molecule has 0 bridgehead atoms. The zero-order chi connectivity index (χ0) is 24.0. The normalized spacial score (nSPS) is 13.8. The third-order valence-electron chi connectivity index (χ3n) is 5.00. The zero-order valence-corrected chi connectivity index (χ0v) is 16.5. The number of rotatable bonds is 4. The van der Waals surface area contributed by atoms with Crippen LogP contribution in [0, 0.1) is 23.3 Å². The van der Waals surface area contributed by atoms with Crippen LogP contribution in [0.4, 0.5) is 30.7 Å². The van der Waals surface area contributed by atoms with Crippen LogP contribution in [0.1, 0.15) is 42.5 Å². The van der Waals surface area contributed by atoms with Gasteiger partial charge in [0.05, 0.1) is 23.0 Å². The largest absolute Gasteiger partial charge is 0.417 e. The molecule has 2 aromatic carbocycles. The lowest BCUT2D eigenvalue weighted by Crippen LogP contribution is -2.35. The Morgan fingerprint density at radius 2 is 1.66 bits per heavy atom. The molecule has 2 N–H and O–H groups in total. The molecule has 0 saturated heterocycles. The van der Waals surface area contributed by atoms with Gasteiger partial charge in [-0.15, -0.1) is 0 Å². The molecule has 1 aromatic heterocycles. The number of carbonyl (C=O) groups excluding carboxylic acids is 1. The highest BCUT2D eigenvalue weighted by Crippen LogP contribution is 2.39. The van der Waals surface area contributed by atoms with E-state index in [1.165, 1.54) is 6.92 Å². The molecule has 2 atom stereocenters. The number of alkyl halides is 3. The fraction of sp³-hybridized carbons (Fsp3) is 0.238. The first-order valence-corrected chi connectivity index (χ1v) is 9.19. The Labute approximate surface area is 176 Å². The number of H-pyrrole nitrogens is 1. The molecule has 0 aliphatic carbocycles. The first kappa shape index (κ1) is 23.3. The molecular weight excluding hydrogens is 445 g/mol. The van der Waals surface area contributed by atoms with E-state index in [0.717, 1.165) is 25.1 Å². The van der Waals surface area contributed by atoms with E-state index in [4.69, 9.17) is 0 Å². The lowest BCUT2D eigenvalue weighted by Gasteiger charge is -2.22. The average molecular weight is 460 g/mol. The summed E-state index contributed by atoms with van der Waals surface area (Å²) < 4.78 is 96.5. The van der Waals surface area contributed by atoms with Gasteiger partial charge in [-0.3, -0.25) is 9.59 Å². The molecule has 3 aromatic rings. The number of aromatic nitrogens is 1. The van der Waals surface area contributed by atoms with Crippen molar-refractivity contribution in [1.29, 1.82) is 0 Å². The van der Waals surface area contributed by atoms with Crippen molar-refractivity contribution in [2.45, 2.75) is 32.0 Å². The van der Waals surface area contributed by atoms with E-state index < -0.39 is 74.9 Å². The minimum atomic E-state index is -5.31. The first-order chi connectivity index (χ1) is 14.8. The van der Waals surface area contributed by atoms with Gasteiger partial charge in [-0.25, -0.2) is 17.6 Å². The van der Waals surface area contributed by atoms with Crippen molar-refractivity contribution in [2.75, 3.05) is 0 Å². The number of amides is 1. The van der Waals surface area contributed by atoms with Gasteiger partial charge < -0.3 is 10.3 Å². The third kappa shape index (κ3) is 4.19. The molecule has 0 spiro atoms. The summed E-state index contributed by atoms with van der Waals surface area (Å²) in [4.78, 5) is 27.1. The molecule has 1 heterocycles. The molecule has 0 saturated carbocycles. The maximum atomic E-state index is 14.3. The van der Waals surface area contributed by atoms with Crippen molar-refractivity contribution in [1.82, 2.24) is 10.3 Å². The van der Waals surface area contributed by atoms with Gasteiger partial charge in [0.1, 0.15) is 11.6 Å². The summed E-state index contributed by atoms with van der Waals surface area (Å²) in [6.07, 6.45) is -5.31. The van der Waals surface area contributed by atoms with Crippen molar-refractivity contribution in [3.63, 3.8) is 0 Å². The maximum Gasteiger partial charge on any atom is 0.417 e. The van der Waals surface area contributed by atoms with E-state index >= 15 is 0 Å². The van der Waals surface area contributed by atoms with Crippen molar-refractivity contribution >= 4 is 16.8 Å². The van der Waals surface area contributed by atoms with Crippen molar-refractivity contribution in [3.8, 4) is 0 Å². The smallest absolute Gasteiger partial charge is 0.349 e. The standard InChI is InChI=1S/C21H15F7N2O2/c1-8(19(31)29-9(2)11-4-3-10(22)7-13(11)24)15-17(21(26,27)28)16-14(30-20(15)32)6-5-12(23)18(16)25/h3-9H,1-2H3,(H,29,31)(H,30,32)/t8-,9-/m0/s1. The van der Waals surface area contributed by atoms with Crippen LogP contribution in [0.5, 0.6) is 0 Å². The molecule has 3 rings (SSSR count). The number of hydrogen-bond acceptors (Lipinski definition) is 2. The van der Waals surface area contributed by atoms with Crippen molar-refractivity contribution < 1.29 is 35.5 Å². The fourth-order valence-electron chi connectivity index (χ4n) is 3.44. The van der Waals surface area contributed by atoms with E-state index in [1.807, 2.05) is 4.98 Å². The Balaban J connectivity index is 2.10. The van der Waals surface area contributed by atoms with Crippen LogP contribution in [0.25, 0.3) is 10.9 Å². The third-order valence-corrected chi connectivity index (χ3v) is 5.00. The minimum absolute atomic E-state index is 0.150. The number of aromatic amines is 1. The summed E-state index contributed by atoms with van der Waals surface area (Å²) in [7, 11) is 0. The van der Waals surface area contributed by atoms with Gasteiger partial charge in [0.2, 0.25) is 5.91 Å². The van der Waals surface area contributed by atoms with Gasteiger partial charge in [-0.05, 0) is 32.0 Å². The Bertz CT molecular complexity index is 1270. The second kappa shape index (κ2) is 8.29. The second-order valence-electron chi connectivity index (χ2n) is 7.14. The van der Waals surface area contributed by atoms with Crippen LogP contribution in [0.2, 0.25) is 0 Å². The fourth-order valence-corrected chi connectivity index (χ4v) is 3.44. The van der Waals surface area contributed by atoms with Gasteiger partial charge in [-0.1, -0.05) is 6.07 Å². The zero-order valence-electron chi connectivity index (χ0n) is 16.5. The summed E-state index contributed by atoms with van der Waals surface area (Å²) in [5.74, 6) is -8.17. The quantitative estimate of drug-likeness (QED) is 0.534. The summed E-state index contributed by atoms with van der Waals surface area (Å²) in [5, 5.41) is 1.03. The van der Waals surface area contributed by atoms with Gasteiger partial charge in [0.25, 0.3) is 5.56 Å². The summed E-state index contributed by atoms with van der Waals surface area (Å²) in [5.41, 5.74) is -4.97. The van der Waals surface area contributed by atoms with Crippen LogP contribution in [0.3, 0.4) is 0 Å². The van der Waals surface area contributed by atoms with Gasteiger partial charge in [0, 0.05) is 22.6 Å². The van der Waals surface area contributed by atoms with Gasteiger partial charge in [0.15, 0.2) is 11.6 Å². The maximum absolute atomic E-state index is 14.3. The monoisotopic (exact) mass is 460 g/mol. The summed E-state index contributed by atoms with van der Waals surface area (Å²) in [6, 6.07) is 2.77.